The van der Waals surface area contributed by atoms with E-state index in [9.17, 15) is 14.4 Å². The van der Waals surface area contributed by atoms with Crippen molar-refractivity contribution in [2.45, 2.75) is 38.3 Å². The number of para-hydroxylation sites is 1. The SMILES string of the molecule is O=C(COC(=O)c1ccc(Cn2cccn2)o1)Nc1ccccc1C(=O)NC1CCCC1. The zero-order chi connectivity index (χ0) is 22.3. The number of nitrogens with zero attached hydrogens (tertiary/aromatic N) is 2. The lowest BCUT2D eigenvalue weighted by molar-refractivity contribution is -0.119. The van der Waals surface area contributed by atoms with Crippen LogP contribution in [0, 0.1) is 0 Å². The van der Waals surface area contributed by atoms with Gasteiger partial charge in [0.2, 0.25) is 5.76 Å². The summed E-state index contributed by atoms with van der Waals surface area (Å²) < 4.78 is 12.2. The lowest BCUT2D eigenvalue weighted by Crippen LogP contribution is -2.33. The quantitative estimate of drug-likeness (QED) is 0.525. The number of carbonyl (C=O) groups excluding carboxylic acids is 3. The van der Waals surface area contributed by atoms with Crippen molar-refractivity contribution in [3.8, 4) is 0 Å². The molecule has 0 unspecified atom stereocenters. The van der Waals surface area contributed by atoms with Gasteiger partial charge >= 0.3 is 5.97 Å². The summed E-state index contributed by atoms with van der Waals surface area (Å²) in [5.74, 6) is -1.00. The largest absolute Gasteiger partial charge is 0.452 e. The van der Waals surface area contributed by atoms with E-state index in [-0.39, 0.29) is 17.7 Å². The Labute approximate surface area is 184 Å². The Balaban J connectivity index is 1.30. The number of hydrogen-bond acceptors (Lipinski definition) is 6. The molecule has 1 aliphatic rings. The van der Waals surface area contributed by atoms with Crippen LogP contribution in [0.3, 0.4) is 0 Å². The molecule has 2 amide bonds. The predicted octanol–water partition coefficient (Wildman–Crippen LogP) is 2.99. The van der Waals surface area contributed by atoms with Crippen molar-refractivity contribution >= 4 is 23.5 Å². The molecule has 0 bridgehead atoms. The summed E-state index contributed by atoms with van der Waals surface area (Å²) in [6, 6.07) is 11.8. The van der Waals surface area contributed by atoms with Gasteiger partial charge in [0, 0.05) is 18.4 Å². The Kier molecular flexibility index (Phi) is 6.64. The lowest BCUT2D eigenvalue weighted by atomic mass is 10.1. The normalized spacial score (nSPS) is 13.6. The smallest absolute Gasteiger partial charge is 0.374 e. The van der Waals surface area contributed by atoms with Crippen LogP contribution in [-0.2, 0) is 16.1 Å². The van der Waals surface area contributed by atoms with E-state index in [1.54, 1.807) is 53.5 Å². The minimum Gasteiger partial charge on any atom is -0.452 e. The summed E-state index contributed by atoms with van der Waals surface area (Å²) in [6.07, 6.45) is 7.56. The number of anilines is 1. The highest BCUT2D eigenvalue weighted by atomic mass is 16.5. The molecule has 2 N–H and O–H groups in total. The second kappa shape index (κ2) is 9.95. The van der Waals surface area contributed by atoms with E-state index >= 15 is 0 Å². The highest BCUT2D eigenvalue weighted by Gasteiger charge is 2.21. The van der Waals surface area contributed by atoms with Crippen LogP contribution in [0.5, 0.6) is 0 Å². The average molecular weight is 436 g/mol. The molecule has 2 aromatic heterocycles. The maximum atomic E-state index is 12.6. The standard InChI is InChI=1S/C23H24N4O5/c28-21(15-31-23(30)20-11-10-17(32-20)14-27-13-5-12-24-27)26-19-9-4-3-8-18(19)22(29)25-16-6-1-2-7-16/h3-5,8-13,16H,1-2,6-7,14-15H2,(H,25,29)(H,26,28). The number of benzene rings is 1. The van der Waals surface area contributed by atoms with Gasteiger partial charge in [-0.2, -0.15) is 5.10 Å². The Morgan fingerprint density at radius 3 is 2.69 bits per heavy atom. The molecule has 1 aliphatic carbocycles. The zero-order valence-corrected chi connectivity index (χ0v) is 17.5. The van der Waals surface area contributed by atoms with Crippen LogP contribution in [0.15, 0.2) is 59.3 Å². The van der Waals surface area contributed by atoms with E-state index in [2.05, 4.69) is 15.7 Å². The second-order valence-corrected chi connectivity index (χ2v) is 7.59. The third kappa shape index (κ3) is 5.42. The maximum Gasteiger partial charge on any atom is 0.374 e. The summed E-state index contributed by atoms with van der Waals surface area (Å²) >= 11 is 0. The fourth-order valence-corrected chi connectivity index (χ4v) is 3.64. The van der Waals surface area contributed by atoms with Crippen LogP contribution in [0.1, 0.15) is 52.4 Å². The number of nitrogens with one attached hydrogen (secondary N) is 2. The molecule has 166 valence electrons. The van der Waals surface area contributed by atoms with Crippen molar-refractivity contribution in [3.63, 3.8) is 0 Å². The molecule has 1 fully saturated rings. The van der Waals surface area contributed by atoms with Gasteiger partial charge in [0.1, 0.15) is 5.76 Å². The first-order valence-electron chi connectivity index (χ1n) is 10.5. The van der Waals surface area contributed by atoms with Gasteiger partial charge in [-0.3, -0.25) is 14.3 Å². The molecule has 9 heteroatoms. The molecule has 2 heterocycles. The fourth-order valence-electron chi connectivity index (χ4n) is 3.64. The van der Waals surface area contributed by atoms with Gasteiger partial charge in [-0.15, -0.1) is 0 Å². The van der Waals surface area contributed by atoms with Crippen LogP contribution in [-0.4, -0.2) is 40.2 Å². The number of hydrogen-bond donors (Lipinski definition) is 2. The second-order valence-electron chi connectivity index (χ2n) is 7.59. The van der Waals surface area contributed by atoms with Crippen LogP contribution in [0.2, 0.25) is 0 Å². The van der Waals surface area contributed by atoms with Crippen LogP contribution < -0.4 is 10.6 Å². The molecule has 0 saturated heterocycles. The topological polar surface area (TPSA) is 115 Å². The molecule has 4 rings (SSSR count). The number of carbonyl (C=O) groups is 3. The Morgan fingerprint density at radius 2 is 1.91 bits per heavy atom. The minimum absolute atomic E-state index is 0.00343. The maximum absolute atomic E-state index is 12.6. The third-order valence-electron chi connectivity index (χ3n) is 5.21. The molecule has 0 spiro atoms. The summed E-state index contributed by atoms with van der Waals surface area (Å²) in [5.41, 5.74) is 0.733. The Morgan fingerprint density at radius 1 is 1.09 bits per heavy atom. The first-order chi connectivity index (χ1) is 15.6. The molecule has 9 nitrogen and oxygen atoms in total. The first kappa shape index (κ1) is 21.4. The number of furan rings is 1. The van der Waals surface area contributed by atoms with Gasteiger partial charge in [-0.25, -0.2) is 4.79 Å². The van der Waals surface area contributed by atoms with Crippen molar-refractivity contribution < 1.29 is 23.5 Å². The lowest BCUT2D eigenvalue weighted by Gasteiger charge is -2.15. The van der Waals surface area contributed by atoms with Crippen molar-refractivity contribution in [1.29, 1.82) is 0 Å². The fraction of sp³-hybridized carbons (Fsp3) is 0.304. The number of rotatable bonds is 8. The van der Waals surface area contributed by atoms with Crippen molar-refractivity contribution in [2.24, 2.45) is 0 Å². The number of amides is 2. The van der Waals surface area contributed by atoms with Crippen LogP contribution in [0.25, 0.3) is 0 Å². The first-order valence-corrected chi connectivity index (χ1v) is 10.5. The van der Waals surface area contributed by atoms with Crippen LogP contribution in [0.4, 0.5) is 5.69 Å². The third-order valence-corrected chi connectivity index (χ3v) is 5.21. The summed E-state index contributed by atoms with van der Waals surface area (Å²) in [6.45, 7) is -0.132. The van der Waals surface area contributed by atoms with Gasteiger partial charge in [0.15, 0.2) is 6.61 Å². The highest BCUT2D eigenvalue weighted by molar-refractivity contribution is 6.04. The van der Waals surface area contributed by atoms with Crippen LogP contribution >= 0.6 is 0 Å². The Hall–Kier alpha value is -3.88. The molecule has 0 radical (unpaired) electrons. The molecular weight excluding hydrogens is 412 g/mol. The van der Waals surface area contributed by atoms with E-state index in [4.69, 9.17) is 9.15 Å². The van der Waals surface area contributed by atoms with Gasteiger partial charge in [-0.05, 0) is 43.2 Å². The summed E-state index contributed by atoms with van der Waals surface area (Å²) in [4.78, 5) is 37.1. The molecule has 0 aliphatic heterocycles. The zero-order valence-electron chi connectivity index (χ0n) is 17.5. The van der Waals surface area contributed by atoms with E-state index < -0.39 is 18.5 Å². The van der Waals surface area contributed by atoms with E-state index in [1.807, 2.05) is 0 Å². The molecule has 1 aromatic carbocycles. The van der Waals surface area contributed by atoms with E-state index in [0.717, 1.165) is 25.7 Å². The van der Waals surface area contributed by atoms with Gasteiger partial charge < -0.3 is 19.8 Å². The predicted molar refractivity (Wildman–Crippen MR) is 115 cm³/mol. The van der Waals surface area contributed by atoms with Gasteiger partial charge in [0.05, 0.1) is 17.8 Å². The van der Waals surface area contributed by atoms with Crippen molar-refractivity contribution in [3.05, 3.63) is 71.9 Å². The number of esters is 1. The molecule has 3 aromatic rings. The highest BCUT2D eigenvalue weighted by Crippen LogP contribution is 2.20. The van der Waals surface area contributed by atoms with Crippen molar-refractivity contribution in [1.82, 2.24) is 15.1 Å². The van der Waals surface area contributed by atoms with Gasteiger partial charge in [0.25, 0.3) is 11.8 Å². The molecular formula is C23H24N4O5. The number of aromatic nitrogens is 2. The average Bonchev–Trinajstić information content (AvgIpc) is 3.56. The van der Waals surface area contributed by atoms with E-state index in [1.165, 1.54) is 6.07 Å². The summed E-state index contributed by atoms with van der Waals surface area (Å²) in [7, 11) is 0. The number of ether oxygens (including phenoxy) is 1. The molecule has 0 atom stereocenters. The Bertz CT molecular complexity index is 1080. The molecule has 32 heavy (non-hydrogen) atoms. The van der Waals surface area contributed by atoms with Crippen molar-refractivity contribution in [2.75, 3.05) is 11.9 Å². The van der Waals surface area contributed by atoms with Gasteiger partial charge in [-0.1, -0.05) is 25.0 Å². The molecule has 1 saturated carbocycles. The van der Waals surface area contributed by atoms with E-state index in [0.29, 0.717) is 23.6 Å². The minimum atomic E-state index is -0.751. The summed E-state index contributed by atoms with van der Waals surface area (Å²) in [5, 5.41) is 9.72. The monoisotopic (exact) mass is 436 g/mol.